The highest BCUT2D eigenvalue weighted by Crippen LogP contribution is 2.35. The van der Waals surface area contributed by atoms with E-state index in [4.69, 9.17) is 0 Å². The van der Waals surface area contributed by atoms with Crippen LogP contribution in [0.2, 0.25) is 0 Å². The molecule has 6 nitrogen and oxygen atoms in total. The third-order valence-electron chi connectivity index (χ3n) is 6.80. The van der Waals surface area contributed by atoms with E-state index in [1.54, 1.807) is 18.2 Å². The van der Waals surface area contributed by atoms with Crippen LogP contribution in [0.25, 0.3) is 0 Å². The Bertz CT molecular complexity index is 1060. The number of piperazine rings is 1. The molecule has 0 amide bonds. The molecule has 0 spiro atoms. The van der Waals surface area contributed by atoms with Crippen LogP contribution in [0.3, 0.4) is 0 Å². The lowest BCUT2D eigenvalue weighted by Gasteiger charge is -2.47. The summed E-state index contributed by atoms with van der Waals surface area (Å²) in [6, 6.07) is 15.3. The van der Waals surface area contributed by atoms with Crippen LogP contribution in [0.4, 0.5) is 0 Å². The molecule has 2 aromatic rings. The third-order valence-corrected chi connectivity index (χ3v) is 8.86. The first-order valence-electron chi connectivity index (χ1n) is 12.2. The van der Waals surface area contributed by atoms with Crippen molar-refractivity contribution in [3.05, 3.63) is 71.8 Å². The van der Waals surface area contributed by atoms with Crippen molar-refractivity contribution in [3.8, 4) is 5.75 Å². The van der Waals surface area contributed by atoms with E-state index in [0.29, 0.717) is 24.0 Å². The minimum absolute atomic E-state index is 0.0846. The zero-order valence-electron chi connectivity index (χ0n) is 21.1. The molecule has 3 rings (SSSR count). The first-order valence-corrected chi connectivity index (χ1v) is 13.7. The Hall–Kier alpha value is -2.19. The van der Waals surface area contributed by atoms with Gasteiger partial charge < -0.3 is 5.11 Å². The van der Waals surface area contributed by atoms with Crippen molar-refractivity contribution in [3.63, 3.8) is 0 Å². The molecule has 3 atom stereocenters. The van der Waals surface area contributed by atoms with E-state index >= 15 is 0 Å². The molecule has 1 aliphatic heterocycles. The molecule has 1 N–H and O–H groups in total. The summed E-state index contributed by atoms with van der Waals surface area (Å²) in [5.41, 5.74) is 2.02. The smallest absolute Gasteiger partial charge is 0.243 e. The van der Waals surface area contributed by atoms with E-state index in [9.17, 15) is 13.5 Å². The minimum Gasteiger partial charge on any atom is -0.508 e. The first kappa shape index (κ1) is 26.4. The second-order valence-corrected chi connectivity index (χ2v) is 11.0. The molecule has 0 aliphatic carbocycles. The number of hydrogen-bond donors (Lipinski definition) is 1. The van der Waals surface area contributed by atoms with Crippen molar-refractivity contribution in [1.82, 2.24) is 14.1 Å². The summed E-state index contributed by atoms with van der Waals surface area (Å²) < 4.78 is 27.4. The highest BCUT2D eigenvalue weighted by Gasteiger charge is 2.34. The van der Waals surface area contributed by atoms with Crippen LogP contribution >= 0.6 is 0 Å². The molecule has 0 bridgehead atoms. The van der Waals surface area contributed by atoms with Gasteiger partial charge in [0.05, 0.1) is 10.9 Å². The molecular formula is C27H39N3O3S. The molecule has 1 fully saturated rings. The van der Waals surface area contributed by atoms with Gasteiger partial charge in [-0.05, 0) is 56.2 Å². The molecule has 1 heterocycles. The summed E-state index contributed by atoms with van der Waals surface area (Å²) in [5, 5.41) is 10.2. The van der Waals surface area contributed by atoms with Gasteiger partial charge in [-0.2, -0.15) is 4.31 Å². The average Bonchev–Trinajstić information content (AvgIpc) is 2.81. The molecular weight excluding hydrogens is 446 g/mol. The zero-order valence-corrected chi connectivity index (χ0v) is 21.9. The minimum atomic E-state index is -3.51. The van der Waals surface area contributed by atoms with Crippen LogP contribution in [0.1, 0.15) is 51.8 Å². The number of phenolic OH excluding ortho intramolecular Hbond substituents is 1. The number of hydrogen-bond acceptors (Lipinski definition) is 5. The van der Waals surface area contributed by atoms with E-state index in [0.717, 1.165) is 30.8 Å². The Balaban J connectivity index is 1.98. The Morgan fingerprint density at radius 2 is 1.71 bits per heavy atom. The maximum Gasteiger partial charge on any atom is 0.243 e. The van der Waals surface area contributed by atoms with Crippen molar-refractivity contribution in [2.75, 3.05) is 32.7 Å². The van der Waals surface area contributed by atoms with Crippen molar-refractivity contribution in [2.45, 2.75) is 57.6 Å². The normalized spacial score (nSPS) is 21.4. The summed E-state index contributed by atoms with van der Waals surface area (Å²) >= 11 is 0. The molecule has 0 aromatic heterocycles. The predicted molar refractivity (Wildman–Crippen MR) is 139 cm³/mol. The van der Waals surface area contributed by atoms with Gasteiger partial charge in [-0.25, -0.2) is 8.42 Å². The largest absolute Gasteiger partial charge is 0.508 e. The molecule has 1 aliphatic rings. The third kappa shape index (κ3) is 5.71. The highest BCUT2D eigenvalue weighted by molar-refractivity contribution is 7.89. The number of sulfonamides is 1. The van der Waals surface area contributed by atoms with E-state index < -0.39 is 10.0 Å². The second-order valence-electron chi connectivity index (χ2n) is 9.07. The number of rotatable bonds is 9. The van der Waals surface area contributed by atoms with Crippen LogP contribution < -0.4 is 0 Å². The fourth-order valence-corrected chi connectivity index (χ4v) is 6.34. The number of phenols is 1. The van der Waals surface area contributed by atoms with Gasteiger partial charge in [0.2, 0.25) is 10.0 Å². The summed E-state index contributed by atoms with van der Waals surface area (Å²) in [6.07, 6.45) is 4.29. The van der Waals surface area contributed by atoms with Gasteiger partial charge in [0.1, 0.15) is 5.75 Å². The first-order chi connectivity index (χ1) is 16.2. The Labute approximate surface area is 205 Å². The van der Waals surface area contributed by atoms with Crippen LogP contribution in [0, 0.1) is 0 Å². The van der Waals surface area contributed by atoms with Crippen molar-refractivity contribution < 1.29 is 13.5 Å². The van der Waals surface area contributed by atoms with Crippen LogP contribution in [-0.4, -0.2) is 72.4 Å². The quantitative estimate of drug-likeness (QED) is 0.531. The lowest BCUT2D eigenvalue weighted by Crippen LogP contribution is -2.57. The zero-order chi connectivity index (χ0) is 24.9. The van der Waals surface area contributed by atoms with Gasteiger partial charge in [0, 0.05) is 44.8 Å². The fraction of sp³-hybridized carbons (Fsp3) is 0.481. The standard InChI is InChI=1S/C27H39N3O3S/c1-6-9-17-28-19-22(5)30(20-21(28)4)27(24-11-10-12-25(31)18-24)23-13-15-26(16-14-23)34(32,33)29(7-2)8-3/h6,9-16,18,21-22,27,31H,7-8,17,19-20H2,1-5H3/b9-6+/t21-,22+,27+/m0/s1. The number of aromatic hydroxyl groups is 1. The molecule has 0 unspecified atom stereocenters. The van der Waals surface area contributed by atoms with E-state index in [-0.39, 0.29) is 17.8 Å². The van der Waals surface area contributed by atoms with Crippen LogP contribution in [0.5, 0.6) is 5.75 Å². The molecule has 34 heavy (non-hydrogen) atoms. The molecule has 186 valence electrons. The molecule has 1 saturated heterocycles. The number of allylic oxidation sites excluding steroid dienone is 1. The average molecular weight is 486 g/mol. The molecule has 2 aromatic carbocycles. The van der Waals surface area contributed by atoms with Gasteiger partial charge in [0.15, 0.2) is 0 Å². The Morgan fingerprint density at radius 3 is 2.29 bits per heavy atom. The highest BCUT2D eigenvalue weighted by atomic mass is 32.2. The van der Waals surface area contributed by atoms with E-state index in [1.165, 1.54) is 4.31 Å². The molecule has 7 heteroatoms. The SMILES string of the molecule is C/C=C/CN1C[C@@H](C)N([C@H](c2ccc(S(=O)(=O)N(CC)CC)cc2)c2cccc(O)c2)C[C@@H]1C. The molecule has 0 radical (unpaired) electrons. The van der Waals surface area contributed by atoms with Gasteiger partial charge in [0.25, 0.3) is 0 Å². The predicted octanol–water partition coefficient (Wildman–Crippen LogP) is 4.48. The second kappa shape index (κ2) is 11.5. The lowest BCUT2D eigenvalue weighted by molar-refractivity contribution is 0.0305. The molecule has 0 saturated carbocycles. The fourth-order valence-electron chi connectivity index (χ4n) is 4.88. The monoisotopic (exact) mass is 485 g/mol. The summed E-state index contributed by atoms with van der Waals surface area (Å²) in [7, 11) is -3.51. The summed E-state index contributed by atoms with van der Waals surface area (Å²) in [6.45, 7) is 13.9. The topological polar surface area (TPSA) is 64.1 Å². The van der Waals surface area contributed by atoms with E-state index in [1.807, 2.05) is 51.1 Å². The van der Waals surface area contributed by atoms with Crippen molar-refractivity contribution in [1.29, 1.82) is 0 Å². The van der Waals surface area contributed by atoms with Crippen molar-refractivity contribution >= 4 is 10.0 Å². The van der Waals surface area contributed by atoms with Gasteiger partial charge >= 0.3 is 0 Å². The van der Waals surface area contributed by atoms with Gasteiger partial charge in [-0.15, -0.1) is 0 Å². The van der Waals surface area contributed by atoms with Crippen LogP contribution in [0.15, 0.2) is 65.6 Å². The number of nitrogens with zero attached hydrogens (tertiary/aromatic N) is 3. The Kier molecular flexibility index (Phi) is 8.93. The maximum absolute atomic E-state index is 13.0. The summed E-state index contributed by atoms with van der Waals surface area (Å²) in [5.74, 6) is 0.232. The maximum atomic E-state index is 13.0. The van der Waals surface area contributed by atoms with Gasteiger partial charge in [-0.1, -0.05) is 50.3 Å². The van der Waals surface area contributed by atoms with Crippen molar-refractivity contribution in [2.24, 2.45) is 0 Å². The van der Waals surface area contributed by atoms with Gasteiger partial charge in [-0.3, -0.25) is 9.80 Å². The lowest BCUT2D eigenvalue weighted by atomic mass is 9.93. The summed E-state index contributed by atoms with van der Waals surface area (Å²) in [4.78, 5) is 5.27. The Morgan fingerprint density at radius 1 is 1.03 bits per heavy atom. The van der Waals surface area contributed by atoms with Crippen LogP contribution in [-0.2, 0) is 10.0 Å². The number of benzene rings is 2. The van der Waals surface area contributed by atoms with E-state index in [2.05, 4.69) is 35.8 Å².